The van der Waals surface area contributed by atoms with Gasteiger partial charge in [0.2, 0.25) is 0 Å². The Morgan fingerprint density at radius 1 is 1.33 bits per heavy atom. The summed E-state index contributed by atoms with van der Waals surface area (Å²) < 4.78 is 1.23. The first-order valence-corrected chi connectivity index (χ1v) is 7.70. The minimum absolute atomic E-state index is 0.697. The third-order valence-corrected chi connectivity index (χ3v) is 4.44. The van der Waals surface area contributed by atoms with Crippen molar-refractivity contribution in [1.29, 1.82) is 0 Å². The molecule has 0 aromatic heterocycles. The Morgan fingerprint density at radius 2 is 2.17 bits per heavy atom. The van der Waals surface area contributed by atoms with Crippen molar-refractivity contribution >= 4 is 15.9 Å². The normalized spacial score (nSPS) is 20.3. The summed E-state index contributed by atoms with van der Waals surface area (Å²) in [5.74, 6) is 0. The number of rotatable bonds is 5. The van der Waals surface area contributed by atoms with E-state index in [1.54, 1.807) is 0 Å². The molecule has 1 aromatic rings. The van der Waals surface area contributed by atoms with E-state index in [2.05, 4.69) is 57.5 Å². The average molecular weight is 311 g/mol. The topological polar surface area (TPSA) is 15.3 Å². The Kier molecular flexibility index (Phi) is 5.67. The van der Waals surface area contributed by atoms with Gasteiger partial charge in [0.1, 0.15) is 0 Å². The molecule has 1 N–H and O–H groups in total. The molecule has 0 bridgehead atoms. The SMILES string of the molecule is CN(CCc1ccccc1Br)CC1CCCCN1. The first-order valence-electron chi connectivity index (χ1n) is 6.91. The zero-order chi connectivity index (χ0) is 12.8. The molecular weight excluding hydrogens is 288 g/mol. The summed E-state index contributed by atoms with van der Waals surface area (Å²) in [5, 5.41) is 3.61. The zero-order valence-corrected chi connectivity index (χ0v) is 12.7. The van der Waals surface area contributed by atoms with Gasteiger partial charge in [0.05, 0.1) is 0 Å². The number of nitrogens with one attached hydrogen (secondary N) is 1. The molecule has 0 amide bonds. The molecular formula is C15H23BrN2. The van der Waals surface area contributed by atoms with Gasteiger partial charge in [0.25, 0.3) is 0 Å². The Bertz CT molecular complexity index is 361. The van der Waals surface area contributed by atoms with Gasteiger partial charge in [-0.25, -0.2) is 0 Å². The molecule has 1 aliphatic rings. The second-order valence-corrected chi connectivity index (χ2v) is 6.10. The van der Waals surface area contributed by atoms with E-state index < -0.39 is 0 Å². The fourth-order valence-electron chi connectivity index (χ4n) is 2.56. The summed E-state index contributed by atoms with van der Waals surface area (Å²) in [5.41, 5.74) is 1.40. The van der Waals surface area contributed by atoms with Crippen LogP contribution in [0.2, 0.25) is 0 Å². The van der Waals surface area contributed by atoms with Gasteiger partial charge in [-0.2, -0.15) is 0 Å². The van der Waals surface area contributed by atoms with Crippen LogP contribution in [0.3, 0.4) is 0 Å². The van der Waals surface area contributed by atoms with Crippen molar-refractivity contribution in [2.45, 2.75) is 31.7 Å². The smallest absolute Gasteiger partial charge is 0.0207 e. The molecule has 1 fully saturated rings. The molecule has 1 unspecified atom stereocenters. The Hall–Kier alpha value is -0.380. The molecule has 100 valence electrons. The lowest BCUT2D eigenvalue weighted by Crippen LogP contribution is -2.42. The zero-order valence-electron chi connectivity index (χ0n) is 11.2. The summed E-state index contributed by atoms with van der Waals surface area (Å²) in [6.45, 7) is 3.49. The van der Waals surface area contributed by atoms with Crippen LogP contribution in [0.5, 0.6) is 0 Å². The molecule has 0 saturated carbocycles. The maximum Gasteiger partial charge on any atom is 0.0207 e. The van der Waals surface area contributed by atoms with E-state index in [4.69, 9.17) is 0 Å². The van der Waals surface area contributed by atoms with Crippen molar-refractivity contribution in [3.63, 3.8) is 0 Å². The number of benzene rings is 1. The summed E-state index contributed by atoms with van der Waals surface area (Å²) in [6, 6.07) is 9.21. The molecule has 0 radical (unpaired) electrons. The molecule has 0 spiro atoms. The highest BCUT2D eigenvalue weighted by Gasteiger charge is 2.14. The van der Waals surface area contributed by atoms with Crippen molar-refractivity contribution in [2.24, 2.45) is 0 Å². The second kappa shape index (κ2) is 7.27. The van der Waals surface area contributed by atoms with Crippen LogP contribution in [0, 0.1) is 0 Å². The highest BCUT2D eigenvalue weighted by molar-refractivity contribution is 9.10. The molecule has 2 rings (SSSR count). The summed E-state index contributed by atoms with van der Waals surface area (Å²) in [6.07, 6.45) is 5.18. The fourth-order valence-corrected chi connectivity index (χ4v) is 3.04. The number of halogens is 1. The predicted molar refractivity (Wildman–Crippen MR) is 81.0 cm³/mol. The molecule has 0 aliphatic carbocycles. The monoisotopic (exact) mass is 310 g/mol. The minimum Gasteiger partial charge on any atom is -0.313 e. The van der Waals surface area contributed by atoms with Crippen LogP contribution >= 0.6 is 15.9 Å². The molecule has 1 aromatic carbocycles. The van der Waals surface area contributed by atoms with Crippen LogP contribution < -0.4 is 5.32 Å². The number of hydrogen-bond donors (Lipinski definition) is 1. The standard InChI is InChI=1S/C15H23BrN2/c1-18(12-14-7-4-5-10-17-14)11-9-13-6-2-3-8-15(13)16/h2-3,6,8,14,17H,4-5,7,9-12H2,1H3. The predicted octanol–water partition coefficient (Wildman–Crippen LogP) is 3.07. The third-order valence-electron chi connectivity index (χ3n) is 3.67. The van der Waals surface area contributed by atoms with E-state index in [-0.39, 0.29) is 0 Å². The maximum atomic E-state index is 3.61. The van der Waals surface area contributed by atoms with E-state index in [9.17, 15) is 0 Å². The van der Waals surface area contributed by atoms with Gasteiger partial charge in [-0.3, -0.25) is 0 Å². The van der Waals surface area contributed by atoms with Gasteiger partial charge in [0.15, 0.2) is 0 Å². The van der Waals surface area contributed by atoms with Crippen LogP contribution in [-0.2, 0) is 6.42 Å². The largest absolute Gasteiger partial charge is 0.313 e. The van der Waals surface area contributed by atoms with Gasteiger partial charge >= 0.3 is 0 Å². The van der Waals surface area contributed by atoms with Crippen molar-refractivity contribution in [2.75, 3.05) is 26.7 Å². The highest BCUT2D eigenvalue weighted by Crippen LogP contribution is 2.16. The van der Waals surface area contributed by atoms with E-state index in [1.165, 1.54) is 42.4 Å². The van der Waals surface area contributed by atoms with Crippen molar-refractivity contribution in [3.05, 3.63) is 34.3 Å². The first kappa shape index (κ1) is 14.0. The quantitative estimate of drug-likeness (QED) is 0.899. The molecule has 18 heavy (non-hydrogen) atoms. The summed E-state index contributed by atoms with van der Waals surface area (Å²) in [4.78, 5) is 2.45. The van der Waals surface area contributed by atoms with Crippen LogP contribution in [0.1, 0.15) is 24.8 Å². The Balaban J connectivity index is 1.74. The van der Waals surface area contributed by atoms with E-state index in [0.717, 1.165) is 13.0 Å². The number of hydrogen-bond acceptors (Lipinski definition) is 2. The molecule has 1 heterocycles. The molecule has 1 saturated heterocycles. The second-order valence-electron chi connectivity index (χ2n) is 5.25. The maximum absolute atomic E-state index is 3.61. The van der Waals surface area contributed by atoms with E-state index in [0.29, 0.717) is 6.04 Å². The number of nitrogens with zero attached hydrogens (tertiary/aromatic N) is 1. The van der Waals surface area contributed by atoms with Crippen molar-refractivity contribution < 1.29 is 0 Å². The average Bonchev–Trinajstić information content (AvgIpc) is 2.39. The van der Waals surface area contributed by atoms with Crippen LogP contribution in [0.4, 0.5) is 0 Å². The lowest BCUT2D eigenvalue weighted by molar-refractivity contribution is 0.264. The lowest BCUT2D eigenvalue weighted by atomic mass is 10.0. The molecule has 2 nitrogen and oxygen atoms in total. The van der Waals surface area contributed by atoms with Crippen LogP contribution in [0.15, 0.2) is 28.7 Å². The third kappa shape index (κ3) is 4.38. The fraction of sp³-hybridized carbons (Fsp3) is 0.600. The molecule has 1 atom stereocenters. The lowest BCUT2D eigenvalue weighted by Gasteiger charge is -2.28. The van der Waals surface area contributed by atoms with Crippen LogP contribution in [0.25, 0.3) is 0 Å². The number of piperidine rings is 1. The van der Waals surface area contributed by atoms with E-state index >= 15 is 0 Å². The highest BCUT2D eigenvalue weighted by atomic mass is 79.9. The van der Waals surface area contributed by atoms with Crippen LogP contribution in [-0.4, -0.2) is 37.6 Å². The number of likely N-dealkylation sites (N-methyl/N-ethyl adjacent to an activating group) is 1. The molecule has 3 heteroatoms. The van der Waals surface area contributed by atoms with Gasteiger partial charge in [-0.1, -0.05) is 40.5 Å². The van der Waals surface area contributed by atoms with Gasteiger partial charge in [-0.15, -0.1) is 0 Å². The van der Waals surface area contributed by atoms with Crippen molar-refractivity contribution in [1.82, 2.24) is 10.2 Å². The molecule has 1 aliphatic heterocycles. The Morgan fingerprint density at radius 3 is 2.89 bits per heavy atom. The van der Waals surface area contributed by atoms with E-state index in [1.807, 2.05) is 0 Å². The van der Waals surface area contributed by atoms with Gasteiger partial charge < -0.3 is 10.2 Å². The van der Waals surface area contributed by atoms with Gasteiger partial charge in [0, 0.05) is 23.6 Å². The summed E-state index contributed by atoms with van der Waals surface area (Å²) >= 11 is 3.61. The summed E-state index contributed by atoms with van der Waals surface area (Å²) in [7, 11) is 2.23. The minimum atomic E-state index is 0.697. The first-order chi connectivity index (χ1) is 8.75. The van der Waals surface area contributed by atoms with Crippen molar-refractivity contribution in [3.8, 4) is 0 Å². The Labute approximate surface area is 119 Å². The van der Waals surface area contributed by atoms with Gasteiger partial charge in [-0.05, 0) is 44.5 Å².